The van der Waals surface area contributed by atoms with Crippen molar-refractivity contribution in [2.75, 3.05) is 17.7 Å². The number of rotatable bonds is 4. The topological polar surface area (TPSA) is 37.8 Å². The number of hydrogen-bond donors (Lipinski definition) is 1. The Hall–Kier alpha value is -0.560. The first-order valence-corrected chi connectivity index (χ1v) is 5.45. The maximum atomic E-state index is 12.1. The monoisotopic (exact) mass is 259 g/mol. The van der Waals surface area contributed by atoms with Crippen molar-refractivity contribution in [2.24, 2.45) is 5.92 Å². The Morgan fingerprint density at radius 3 is 2.67 bits per heavy atom. The Kier molecular flexibility index (Phi) is 4.15. The van der Waals surface area contributed by atoms with Gasteiger partial charge in [-0.05, 0) is 5.92 Å². The normalized spacial score (nSPS) is 13.9. The lowest BCUT2D eigenvalue weighted by atomic mass is 10.2. The third-order valence-corrected chi connectivity index (χ3v) is 2.74. The van der Waals surface area contributed by atoms with Crippen LogP contribution in [-0.2, 0) is 6.18 Å². The highest BCUT2D eigenvalue weighted by atomic mass is 35.5. The molecule has 3 nitrogen and oxygen atoms in total. The van der Waals surface area contributed by atoms with Crippen molar-refractivity contribution < 1.29 is 13.2 Å². The Bertz CT molecular complexity index is 315. The molecular weight excluding hydrogens is 251 g/mol. The lowest BCUT2D eigenvalue weighted by Gasteiger charge is -2.06. The van der Waals surface area contributed by atoms with Gasteiger partial charge in [-0.3, -0.25) is 0 Å². The summed E-state index contributed by atoms with van der Waals surface area (Å²) in [6.45, 7) is 2.36. The molecule has 86 valence electrons. The molecule has 1 atom stereocenters. The van der Waals surface area contributed by atoms with E-state index in [9.17, 15) is 13.2 Å². The van der Waals surface area contributed by atoms with Gasteiger partial charge in [-0.2, -0.15) is 22.5 Å². The van der Waals surface area contributed by atoms with Crippen molar-refractivity contribution >= 4 is 28.3 Å². The fourth-order valence-electron chi connectivity index (χ4n) is 0.727. The van der Waals surface area contributed by atoms with Gasteiger partial charge in [-0.25, -0.2) is 0 Å². The van der Waals surface area contributed by atoms with Gasteiger partial charge in [0.25, 0.3) is 0 Å². The highest BCUT2D eigenvalue weighted by Crippen LogP contribution is 2.28. The van der Waals surface area contributed by atoms with E-state index < -0.39 is 12.0 Å². The molecule has 1 rings (SSSR count). The van der Waals surface area contributed by atoms with E-state index in [1.165, 1.54) is 0 Å². The first-order valence-electron chi connectivity index (χ1n) is 4.14. The van der Waals surface area contributed by atoms with Crippen molar-refractivity contribution in [3.63, 3.8) is 0 Å². The molecule has 0 aromatic carbocycles. The molecule has 1 heterocycles. The second kappa shape index (κ2) is 4.98. The molecule has 0 amide bonds. The van der Waals surface area contributed by atoms with Gasteiger partial charge in [0.15, 0.2) is 0 Å². The first kappa shape index (κ1) is 12.5. The van der Waals surface area contributed by atoms with Crippen molar-refractivity contribution in [1.82, 2.24) is 9.36 Å². The fraction of sp³-hybridized carbons (Fsp3) is 0.714. The summed E-state index contributed by atoms with van der Waals surface area (Å²) in [5.74, 6) is -0.490. The number of anilines is 1. The highest BCUT2D eigenvalue weighted by Gasteiger charge is 2.36. The maximum Gasteiger partial charge on any atom is 0.452 e. The third-order valence-electron chi connectivity index (χ3n) is 1.54. The summed E-state index contributed by atoms with van der Waals surface area (Å²) in [7, 11) is 0. The van der Waals surface area contributed by atoms with Gasteiger partial charge >= 0.3 is 6.18 Å². The summed E-state index contributed by atoms with van der Waals surface area (Å²) in [5.41, 5.74) is 0. The van der Waals surface area contributed by atoms with Crippen LogP contribution >= 0.6 is 23.1 Å². The van der Waals surface area contributed by atoms with Crippen molar-refractivity contribution in [3.05, 3.63) is 5.82 Å². The minimum atomic E-state index is -4.48. The Balaban J connectivity index is 2.54. The third kappa shape index (κ3) is 3.83. The largest absolute Gasteiger partial charge is 0.452 e. The number of aromatic nitrogens is 2. The van der Waals surface area contributed by atoms with Crippen LogP contribution < -0.4 is 5.32 Å². The SMILES string of the molecule is CC(CCl)CNc1nc(C(F)(F)F)ns1. The summed E-state index contributed by atoms with van der Waals surface area (Å²) < 4.78 is 39.5. The second-order valence-electron chi connectivity index (χ2n) is 3.06. The van der Waals surface area contributed by atoms with E-state index in [4.69, 9.17) is 11.6 Å². The molecule has 0 aliphatic carbocycles. The van der Waals surface area contributed by atoms with Crippen molar-refractivity contribution in [1.29, 1.82) is 0 Å². The Morgan fingerprint density at radius 2 is 2.20 bits per heavy atom. The Labute approximate surface area is 93.8 Å². The standard InChI is InChI=1S/C7H9ClF3N3S/c1-4(2-8)3-12-6-13-5(14-15-6)7(9,10)11/h4H,2-3H2,1H3,(H,12,13,14). The van der Waals surface area contributed by atoms with Gasteiger partial charge in [0.2, 0.25) is 11.0 Å². The second-order valence-corrected chi connectivity index (χ2v) is 4.12. The number of alkyl halides is 4. The number of halogens is 4. The van der Waals surface area contributed by atoms with E-state index in [0.29, 0.717) is 24.0 Å². The lowest BCUT2D eigenvalue weighted by molar-refractivity contribution is -0.144. The van der Waals surface area contributed by atoms with Gasteiger partial charge in [0.05, 0.1) is 0 Å². The van der Waals surface area contributed by atoms with Crippen LogP contribution in [0, 0.1) is 5.92 Å². The molecule has 0 radical (unpaired) electrons. The molecule has 0 spiro atoms. The summed E-state index contributed by atoms with van der Waals surface area (Å²) >= 11 is 6.24. The lowest BCUT2D eigenvalue weighted by Crippen LogP contribution is -2.13. The van der Waals surface area contributed by atoms with Crippen molar-refractivity contribution in [2.45, 2.75) is 13.1 Å². The van der Waals surface area contributed by atoms with Crippen LogP contribution in [0.4, 0.5) is 18.3 Å². The van der Waals surface area contributed by atoms with Gasteiger partial charge in [-0.1, -0.05) is 6.92 Å². The molecule has 1 unspecified atom stereocenters. The molecule has 0 saturated heterocycles. The average molecular weight is 260 g/mol. The molecule has 1 aromatic heterocycles. The van der Waals surface area contributed by atoms with Crippen LogP contribution in [0.5, 0.6) is 0 Å². The maximum absolute atomic E-state index is 12.1. The molecule has 0 fully saturated rings. The zero-order chi connectivity index (χ0) is 11.5. The van der Waals surface area contributed by atoms with Gasteiger partial charge in [0.1, 0.15) is 0 Å². The molecule has 1 aromatic rings. The van der Waals surface area contributed by atoms with E-state index in [1.54, 1.807) is 0 Å². The van der Waals surface area contributed by atoms with E-state index >= 15 is 0 Å². The molecule has 15 heavy (non-hydrogen) atoms. The minimum absolute atomic E-state index is 0.166. The molecule has 0 bridgehead atoms. The zero-order valence-corrected chi connectivity index (χ0v) is 9.38. The minimum Gasteiger partial charge on any atom is -0.360 e. The molecule has 0 aliphatic rings. The predicted octanol–water partition coefficient (Wildman–Crippen LogP) is 2.84. The van der Waals surface area contributed by atoms with Gasteiger partial charge in [0, 0.05) is 24.0 Å². The van der Waals surface area contributed by atoms with Crippen LogP contribution in [-0.4, -0.2) is 21.8 Å². The van der Waals surface area contributed by atoms with Crippen LogP contribution in [0.15, 0.2) is 0 Å². The van der Waals surface area contributed by atoms with E-state index in [2.05, 4.69) is 14.7 Å². The summed E-state index contributed by atoms with van der Waals surface area (Å²) in [6.07, 6.45) is -4.48. The quantitative estimate of drug-likeness (QED) is 0.845. The smallest absolute Gasteiger partial charge is 0.360 e. The van der Waals surface area contributed by atoms with E-state index in [1.807, 2.05) is 6.92 Å². The van der Waals surface area contributed by atoms with E-state index in [-0.39, 0.29) is 11.0 Å². The highest BCUT2D eigenvalue weighted by molar-refractivity contribution is 7.09. The molecule has 0 saturated carbocycles. The average Bonchev–Trinajstić information content (AvgIpc) is 2.61. The van der Waals surface area contributed by atoms with Crippen LogP contribution in [0.25, 0.3) is 0 Å². The molecule has 8 heteroatoms. The summed E-state index contributed by atoms with van der Waals surface area (Å²) in [4.78, 5) is 3.32. The zero-order valence-electron chi connectivity index (χ0n) is 7.81. The van der Waals surface area contributed by atoms with Gasteiger partial charge < -0.3 is 5.32 Å². The van der Waals surface area contributed by atoms with Crippen molar-refractivity contribution in [3.8, 4) is 0 Å². The number of nitrogens with one attached hydrogen (secondary N) is 1. The molecular formula is C7H9ClF3N3S. The number of nitrogens with zero attached hydrogens (tertiary/aromatic N) is 2. The van der Waals surface area contributed by atoms with E-state index in [0.717, 1.165) is 0 Å². The van der Waals surface area contributed by atoms with Gasteiger partial charge in [-0.15, -0.1) is 11.6 Å². The number of hydrogen-bond acceptors (Lipinski definition) is 4. The molecule has 0 aliphatic heterocycles. The van der Waals surface area contributed by atoms with Crippen LogP contribution in [0.3, 0.4) is 0 Å². The summed E-state index contributed by atoms with van der Waals surface area (Å²) in [5, 5.41) is 2.91. The first-order chi connectivity index (χ1) is 6.93. The fourth-order valence-corrected chi connectivity index (χ4v) is 1.43. The summed E-state index contributed by atoms with van der Waals surface area (Å²) in [6, 6.07) is 0. The Morgan fingerprint density at radius 1 is 1.53 bits per heavy atom. The van der Waals surface area contributed by atoms with Crippen LogP contribution in [0.1, 0.15) is 12.7 Å². The molecule has 1 N–H and O–H groups in total. The van der Waals surface area contributed by atoms with Crippen LogP contribution in [0.2, 0.25) is 0 Å². The predicted molar refractivity (Wildman–Crippen MR) is 53.3 cm³/mol.